The Morgan fingerprint density at radius 2 is 1.97 bits per heavy atom. The molecule has 12 heteroatoms. The summed E-state index contributed by atoms with van der Waals surface area (Å²) in [5.41, 5.74) is 2.67. The summed E-state index contributed by atoms with van der Waals surface area (Å²) in [5.74, 6) is 0.588. The van der Waals surface area contributed by atoms with E-state index >= 15 is 0 Å². The Kier molecular flexibility index (Phi) is 7.35. The van der Waals surface area contributed by atoms with Crippen molar-refractivity contribution in [3.05, 3.63) is 64.5 Å². The minimum absolute atomic E-state index is 0.210. The third kappa shape index (κ3) is 5.64. The normalized spacial score (nSPS) is 19.6. The van der Waals surface area contributed by atoms with E-state index in [4.69, 9.17) is 14.2 Å². The van der Waals surface area contributed by atoms with Gasteiger partial charge in [-0.05, 0) is 43.7 Å². The Morgan fingerprint density at radius 1 is 1.13 bits per heavy atom. The number of piperidine rings is 1. The third-order valence-corrected chi connectivity index (χ3v) is 6.91. The number of aromatic amines is 1. The molecule has 6 rings (SSSR count). The molecule has 1 fully saturated rings. The summed E-state index contributed by atoms with van der Waals surface area (Å²) < 4.78 is 17.6. The third-order valence-electron chi connectivity index (χ3n) is 6.91. The van der Waals surface area contributed by atoms with Gasteiger partial charge in [-0.2, -0.15) is 15.4 Å². The number of carbonyl (C=O) groups is 3. The summed E-state index contributed by atoms with van der Waals surface area (Å²) in [5, 5.41) is 16.3. The SMILES string of the molecule is COc1cc2ccc1CNC(=O)COc1cc(ccc1C)C(=O)N[C@H]1CN(C(=O)c3n[nH]nc3C)CC[C@H]1O2. The largest absolute Gasteiger partial charge is 0.496 e. The lowest BCUT2D eigenvalue weighted by molar-refractivity contribution is -0.123. The molecule has 3 aliphatic rings. The Labute approximate surface area is 225 Å². The first-order valence-corrected chi connectivity index (χ1v) is 12.6. The van der Waals surface area contributed by atoms with Gasteiger partial charge in [-0.3, -0.25) is 14.4 Å². The molecule has 12 nitrogen and oxygen atoms in total. The second-order valence-corrected chi connectivity index (χ2v) is 9.55. The number of H-pyrrole nitrogens is 1. The smallest absolute Gasteiger partial charge is 0.276 e. The van der Waals surface area contributed by atoms with Crippen molar-refractivity contribution < 1.29 is 28.6 Å². The summed E-state index contributed by atoms with van der Waals surface area (Å²) in [4.78, 5) is 40.6. The van der Waals surface area contributed by atoms with E-state index in [1.165, 1.54) is 0 Å². The topological polar surface area (TPSA) is 148 Å². The van der Waals surface area contributed by atoms with Gasteiger partial charge in [0, 0.05) is 43.2 Å². The molecule has 0 radical (unpaired) electrons. The molecule has 0 spiro atoms. The molecule has 0 unspecified atom stereocenters. The molecule has 0 saturated carbocycles. The number of hydrogen-bond donors (Lipinski definition) is 3. The first kappa shape index (κ1) is 26.0. The zero-order valence-corrected chi connectivity index (χ0v) is 21.9. The van der Waals surface area contributed by atoms with Crippen LogP contribution in [0.2, 0.25) is 0 Å². The van der Waals surface area contributed by atoms with Crippen LogP contribution in [-0.4, -0.2) is 77.0 Å². The van der Waals surface area contributed by atoms with Gasteiger partial charge in [0.15, 0.2) is 12.3 Å². The second kappa shape index (κ2) is 11.0. The Balaban J connectivity index is 1.47. The van der Waals surface area contributed by atoms with E-state index in [2.05, 4.69) is 26.0 Å². The van der Waals surface area contributed by atoms with Crippen molar-refractivity contribution in [1.29, 1.82) is 0 Å². The molecule has 1 aromatic heterocycles. The van der Waals surface area contributed by atoms with Crippen LogP contribution in [0.5, 0.6) is 17.2 Å². The molecule has 39 heavy (non-hydrogen) atoms. The number of carbonyl (C=O) groups excluding carboxylic acids is 3. The molecular formula is C27H30N6O6. The number of rotatable bonds is 2. The van der Waals surface area contributed by atoms with Crippen molar-refractivity contribution in [2.75, 3.05) is 26.8 Å². The van der Waals surface area contributed by atoms with Gasteiger partial charge in [-0.15, -0.1) is 0 Å². The zero-order chi connectivity index (χ0) is 27.5. The average molecular weight is 535 g/mol. The quantitative estimate of drug-likeness (QED) is 0.448. The molecule has 1 saturated heterocycles. The maximum atomic E-state index is 13.4. The van der Waals surface area contributed by atoms with Crippen LogP contribution in [0, 0.1) is 13.8 Å². The summed E-state index contributed by atoms with van der Waals surface area (Å²) in [7, 11) is 1.55. The van der Waals surface area contributed by atoms with Crippen molar-refractivity contribution >= 4 is 17.7 Å². The number of ether oxygens (including phenoxy) is 3. The number of aryl methyl sites for hydroxylation is 2. The number of likely N-dealkylation sites (tertiary alicyclic amines) is 1. The number of nitrogens with zero attached hydrogens (tertiary/aromatic N) is 3. The fraction of sp³-hybridized carbons (Fsp3) is 0.370. The van der Waals surface area contributed by atoms with E-state index in [1.807, 2.05) is 13.0 Å². The van der Waals surface area contributed by atoms with Gasteiger partial charge in [0.2, 0.25) is 0 Å². The van der Waals surface area contributed by atoms with E-state index in [1.54, 1.807) is 49.3 Å². The van der Waals surface area contributed by atoms with Crippen molar-refractivity contribution in [2.24, 2.45) is 0 Å². The van der Waals surface area contributed by atoms with Crippen LogP contribution in [0.1, 0.15) is 44.1 Å². The van der Waals surface area contributed by atoms with Crippen molar-refractivity contribution in [3.8, 4) is 17.2 Å². The highest BCUT2D eigenvalue weighted by Gasteiger charge is 2.36. The Bertz CT molecular complexity index is 1410. The van der Waals surface area contributed by atoms with Gasteiger partial charge < -0.3 is 29.7 Å². The summed E-state index contributed by atoms with van der Waals surface area (Å²) >= 11 is 0. The fourth-order valence-corrected chi connectivity index (χ4v) is 4.69. The van der Waals surface area contributed by atoms with Crippen LogP contribution < -0.4 is 24.8 Å². The first-order chi connectivity index (χ1) is 18.8. The number of amides is 3. The lowest BCUT2D eigenvalue weighted by Gasteiger charge is -2.38. The molecule has 3 aliphatic heterocycles. The average Bonchev–Trinajstić information content (AvgIpc) is 3.37. The highest BCUT2D eigenvalue weighted by Crippen LogP contribution is 2.28. The molecule has 4 heterocycles. The second-order valence-electron chi connectivity index (χ2n) is 9.55. The van der Waals surface area contributed by atoms with Crippen LogP contribution in [0.15, 0.2) is 36.4 Å². The summed E-state index contributed by atoms with van der Waals surface area (Å²) in [6.45, 7) is 4.20. The van der Waals surface area contributed by atoms with Crippen LogP contribution in [0.4, 0.5) is 0 Å². The fourth-order valence-electron chi connectivity index (χ4n) is 4.69. The van der Waals surface area contributed by atoms with Crippen LogP contribution >= 0.6 is 0 Å². The minimum Gasteiger partial charge on any atom is -0.496 e. The highest BCUT2D eigenvalue weighted by molar-refractivity contribution is 5.95. The Hall–Kier alpha value is -4.61. The predicted molar refractivity (Wildman–Crippen MR) is 139 cm³/mol. The Morgan fingerprint density at radius 3 is 2.74 bits per heavy atom. The molecule has 2 atom stereocenters. The molecular weight excluding hydrogens is 504 g/mol. The van der Waals surface area contributed by atoms with Gasteiger partial charge >= 0.3 is 0 Å². The molecule has 3 aromatic rings. The summed E-state index contributed by atoms with van der Waals surface area (Å²) in [6.07, 6.45) is 0.0409. The number of benzene rings is 2. The first-order valence-electron chi connectivity index (χ1n) is 12.6. The van der Waals surface area contributed by atoms with Gasteiger partial charge in [0.05, 0.1) is 18.8 Å². The van der Waals surface area contributed by atoms with Gasteiger partial charge in [-0.25, -0.2) is 0 Å². The number of methoxy groups -OCH3 is 1. The maximum Gasteiger partial charge on any atom is 0.276 e. The molecule has 204 valence electrons. The predicted octanol–water partition coefficient (Wildman–Crippen LogP) is 1.53. The van der Waals surface area contributed by atoms with E-state index < -0.39 is 12.1 Å². The lowest BCUT2D eigenvalue weighted by Crippen LogP contribution is -2.58. The number of nitrogens with one attached hydrogen (secondary N) is 3. The van der Waals surface area contributed by atoms with Crippen LogP contribution in [0.25, 0.3) is 0 Å². The van der Waals surface area contributed by atoms with Crippen LogP contribution in [0.3, 0.4) is 0 Å². The molecule has 4 bridgehead atoms. The van der Waals surface area contributed by atoms with Crippen molar-refractivity contribution in [2.45, 2.75) is 39.0 Å². The van der Waals surface area contributed by atoms with E-state index in [-0.39, 0.29) is 43.1 Å². The number of hydrogen-bond acceptors (Lipinski definition) is 8. The zero-order valence-electron chi connectivity index (χ0n) is 21.9. The van der Waals surface area contributed by atoms with E-state index in [0.29, 0.717) is 41.5 Å². The van der Waals surface area contributed by atoms with Crippen molar-refractivity contribution in [1.82, 2.24) is 30.9 Å². The molecule has 0 aliphatic carbocycles. The van der Waals surface area contributed by atoms with Crippen LogP contribution in [-0.2, 0) is 11.3 Å². The van der Waals surface area contributed by atoms with Gasteiger partial charge in [0.25, 0.3) is 17.7 Å². The standard InChI is InChI=1S/C27H30N6O6/c1-15-4-5-17-10-22(15)38-14-24(34)28-12-18-6-7-19(11-23(18)37-3)39-21-8-9-33(13-20(21)29-26(17)35)27(36)25-16(2)30-32-31-25/h4-7,10-11,20-21H,8-9,12-14H2,1-3H3,(H,28,34)(H,29,35)(H,30,31,32)/t20-,21+/m0/s1. The molecule has 3 amide bonds. The minimum atomic E-state index is -0.530. The lowest BCUT2D eigenvalue weighted by atomic mass is 10.00. The number of aromatic nitrogens is 3. The van der Waals surface area contributed by atoms with E-state index in [9.17, 15) is 14.4 Å². The summed E-state index contributed by atoms with van der Waals surface area (Å²) in [6, 6.07) is 9.89. The van der Waals surface area contributed by atoms with Crippen molar-refractivity contribution in [3.63, 3.8) is 0 Å². The number of fused-ring (bicyclic) bond motifs is 7. The maximum absolute atomic E-state index is 13.4. The molecule has 2 aromatic carbocycles. The van der Waals surface area contributed by atoms with E-state index in [0.717, 1.165) is 11.1 Å². The molecule has 3 N–H and O–H groups in total. The van der Waals surface area contributed by atoms with Gasteiger partial charge in [-0.1, -0.05) is 6.07 Å². The monoisotopic (exact) mass is 534 g/mol. The van der Waals surface area contributed by atoms with Gasteiger partial charge in [0.1, 0.15) is 23.4 Å². The highest BCUT2D eigenvalue weighted by atomic mass is 16.5.